The molecule has 0 unspecified atom stereocenters. The Hall–Kier alpha value is -1.81. The largest absolute Gasteiger partial charge is 0.545 e. The SMILES string of the molecule is O=C([O-])/C=C/c1c(Cl)nc2ccccn12. The van der Waals surface area contributed by atoms with Gasteiger partial charge in [-0.2, -0.15) is 0 Å². The van der Waals surface area contributed by atoms with E-state index < -0.39 is 5.97 Å². The summed E-state index contributed by atoms with van der Waals surface area (Å²) < 4.78 is 1.70. The molecule has 76 valence electrons. The molecule has 0 aliphatic heterocycles. The molecule has 0 aliphatic carbocycles. The summed E-state index contributed by atoms with van der Waals surface area (Å²) in [5, 5.41) is 10.5. The number of aliphatic carboxylic acids is 1. The van der Waals surface area contributed by atoms with E-state index in [1.54, 1.807) is 22.7 Å². The highest BCUT2D eigenvalue weighted by Gasteiger charge is 2.05. The Bertz CT molecular complexity index is 545. The topological polar surface area (TPSA) is 57.4 Å². The van der Waals surface area contributed by atoms with Crippen LogP contribution in [0.15, 0.2) is 30.5 Å². The first kappa shape index (κ1) is 9.73. The zero-order valence-electron chi connectivity index (χ0n) is 7.55. The molecule has 0 aliphatic rings. The van der Waals surface area contributed by atoms with Gasteiger partial charge in [-0.05, 0) is 24.3 Å². The number of carbonyl (C=O) groups excluding carboxylic acids is 1. The second-order valence-corrected chi connectivity index (χ2v) is 3.23. The summed E-state index contributed by atoms with van der Waals surface area (Å²) in [5.74, 6) is -1.27. The van der Waals surface area contributed by atoms with E-state index in [4.69, 9.17) is 11.6 Å². The van der Waals surface area contributed by atoms with E-state index in [0.29, 0.717) is 11.3 Å². The Morgan fingerprint density at radius 2 is 2.33 bits per heavy atom. The van der Waals surface area contributed by atoms with Crippen molar-refractivity contribution >= 4 is 29.3 Å². The fourth-order valence-corrected chi connectivity index (χ4v) is 1.52. The van der Waals surface area contributed by atoms with Crippen LogP contribution in [-0.2, 0) is 4.79 Å². The molecule has 2 heterocycles. The van der Waals surface area contributed by atoms with Gasteiger partial charge in [0.1, 0.15) is 5.65 Å². The van der Waals surface area contributed by atoms with E-state index in [-0.39, 0.29) is 5.15 Å². The Labute approximate surface area is 90.4 Å². The van der Waals surface area contributed by atoms with E-state index in [9.17, 15) is 9.90 Å². The monoisotopic (exact) mass is 221 g/mol. The van der Waals surface area contributed by atoms with Crippen LogP contribution in [0.3, 0.4) is 0 Å². The summed E-state index contributed by atoms with van der Waals surface area (Å²) >= 11 is 5.85. The first-order valence-corrected chi connectivity index (χ1v) is 4.58. The molecular formula is C10H6ClN2O2-. The molecule has 0 fully saturated rings. The Balaban J connectivity index is 2.59. The number of aromatic nitrogens is 2. The second-order valence-electron chi connectivity index (χ2n) is 2.87. The average molecular weight is 222 g/mol. The highest BCUT2D eigenvalue weighted by molar-refractivity contribution is 6.31. The first-order chi connectivity index (χ1) is 7.18. The van der Waals surface area contributed by atoms with Crippen molar-refractivity contribution in [1.29, 1.82) is 0 Å². The van der Waals surface area contributed by atoms with Crippen LogP contribution in [0.4, 0.5) is 0 Å². The number of hydrogen-bond acceptors (Lipinski definition) is 3. The van der Waals surface area contributed by atoms with Crippen molar-refractivity contribution in [1.82, 2.24) is 9.38 Å². The molecule has 0 atom stereocenters. The molecule has 4 nitrogen and oxygen atoms in total. The van der Waals surface area contributed by atoms with Crippen LogP contribution < -0.4 is 5.11 Å². The third-order valence-electron chi connectivity index (χ3n) is 1.90. The van der Waals surface area contributed by atoms with E-state index in [1.807, 2.05) is 6.07 Å². The molecule has 2 rings (SSSR count). The molecule has 0 spiro atoms. The fourth-order valence-electron chi connectivity index (χ4n) is 1.28. The Morgan fingerprint density at radius 1 is 1.53 bits per heavy atom. The molecule has 2 aromatic rings. The smallest absolute Gasteiger partial charge is 0.155 e. The number of fused-ring (bicyclic) bond motifs is 1. The number of carbonyl (C=O) groups is 1. The second kappa shape index (κ2) is 3.74. The van der Waals surface area contributed by atoms with Gasteiger partial charge < -0.3 is 9.90 Å². The third-order valence-corrected chi connectivity index (χ3v) is 2.18. The normalized spacial score (nSPS) is 11.3. The van der Waals surface area contributed by atoms with E-state index in [0.717, 1.165) is 6.08 Å². The maximum absolute atomic E-state index is 10.3. The van der Waals surface area contributed by atoms with Crippen LogP contribution in [0.1, 0.15) is 5.69 Å². The lowest BCUT2D eigenvalue weighted by molar-refractivity contribution is -0.297. The Kier molecular flexibility index (Phi) is 2.43. The fraction of sp³-hybridized carbons (Fsp3) is 0. The van der Waals surface area contributed by atoms with Gasteiger partial charge in [-0.25, -0.2) is 4.98 Å². The summed E-state index contributed by atoms with van der Waals surface area (Å²) in [4.78, 5) is 14.3. The number of halogens is 1. The lowest BCUT2D eigenvalue weighted by atomic mass is 10.4. The standard InChI is InChI=1S/C10H7ClN2O2/c11-10-7(4-5-9(14)15)13-6-2-1-3-8(13)12-10/h1-6H,(H,14,15)/p-1/b5-4+. The predicted molar refractivity (Wildman–Crippen MR) is 54.2 cm³/mol. The molecule has 0 amide bonds. The molecule has 0 aromatic carbocycles. The van der Waals surface area contributed by atoms with Crippen molar-refractivity contribution < 1.29 is 9.90 Å². The number of carboxylic acid groups (broad SMARTS) is 1. The van der Waals surface area contributed by atoms with Gasteiger partial charge in [0.25, 0.3) is 0 Å². The van der Waals surface area contributed by atoms with Crippen LogP contribution in [0.2, 0.25) is 5.15 Å². The summed E-state index contributed by atoms with van der Waals surface area (Å²) in [7, 11) is 0. The average Bonchev–Trinajstić information content (AvgIpc) is 2.50. The lowest BCUT2D eigenvalue weighted by Crippen LogP contribution is -2.18. The zero-order chi connectivity index (χ0) is 10.8. The minimum Gasteiger partial charge on any atom is -0.545 e. The number of imidazole rings is 1. The summed E-state index contributed by atoms with van der Waals surface area (Å²) in [6.07, 6.45) is 4.03. The highest BCUT2D eigenvalue weighted by Crippen LogP contribution is 2.18. The lowest BCUT2D eigenvalue weighted by Gasteiger charge is -1.96. The maximum Gasteiger partial charge on any atom is 0.155 e. The van der Waals surface area contributed by atoms with Gasteiger partial charge in [0.05, 0.1) is 11.7 Å². The number of nitrogens with zero attached hydrogens (tertiary/aromatic N) is 2. The minimum absolute atomic E-state index is 0.263. The van der Waals surface area contributed by atoms with Gasteiger partial charge in [-0.1, -0.05) is 17.7 Å². The molecule has 0 saturated carbocycles. The van der Waals surface area contributed by atoms with Crippen molar-refractivity contribution in [2.45, 2.75) is 0 Å². The Morgan fingerprint density at radius 3 is 3.07 bits per heavy atom. The van der Waals surface area contributed by atoms with Crippen LogP contribution in [0, 0.1) is 0 Å². The van der Waals surface area contributed by atoms with Crippen molar-refractivity contribution in [3.05, 3.63) is 41.3 Å². The number of carboxylic acids is 1. The van der Waals surface area contributed by atoms with Crippen LogP contribution in [0.5, 0.6) is 0 Å². The van der Waals surface area contributed by atoms with Crippen LogP contribution in [-0.4, -0.2) is 15.4 Å². The predicted octanol–water partition coefficient (Wildman–Crippen LogP) is 0.751. The third kappa shape index (κ3) is 1.85. The molecule has 0 N–H and O–H groups in total. The summed E-state index contributed by atoms with van der Waals surface area (Å²) in [6, 6.07) is 5.41. The van der Waals surface area contributed by atoms with E-state index >= 15 is 0 Å². The van der Waals surface area contributed by atoms with Gasteiger partial charge >= 0.3 is 0 Å². The van der Waals surface area contributed by atoms with E-state index in [2.05, 4.69) is 4.98 Å². The van der Waals surface area contributed by atoms with Gasteiger partial charge in [0.15, 0.2) is 5.15 Å². The van der Waals surface area contributed by atoms with Gasteiger partial charge in [-0.15, -0.1) is 0 Å². The minimum atomic E-state index is -1.27. The molecule has 2 aromatic heterocycles. The number of pyridine rings is 1. The molecule has 15 heavy (non-hydrogen) atoms. The number of hydrogen-bond donors (Lipinski definition) is 0. The van der Waals surface area contributed by atoms with Crippen molar-refractivity contribution in [2.24, 2.45) is 0 Å². The van der Waals surface area contributed by atoms with Crippen LogP contribution in [0.25, 0.3) is 11.7 Å². The molecular weight excluding hydrogens is 216 g/mol. The summed E-state index contributed by atoms with van der Waals surface area (Å²) in [5.41, 5.74) is 1.19. The number of rotatable bonds is 2. The van der Waals surface area contributed by atoms with Gasteiger partial charge in [0.2, 0.25) is 0 Å². The molecule has 0 saturated heterocycles. The quantitative estimate of drug-likeness (QED) is 0.704. The zero-order valence-corrected chi connectivity index (χ0v) is 8.31. The van der Waals surface area contributed by atoms with Crippen molar-refractivity contribution in [2.75, 3.05) is 0 Å². The molecule has 0 bridgehead atoms. The molecule has 5 heteroatoms. The maximum atomic E-state index is 10.3. The van der Waals surface area contributed by atoms with Crippen molar-refractivity contribution in [3.8, 4) is 0 Å². The summed E-state index contributed by atoms with van der Waals surface area (Å²) in [6.45, 7) is 0. The van der Waals surface area contributed by atoms with Crippen LogP contribution >= 0.6 is 11.6 Å². The van der Waals surface area contributed by atoms with Crippen molar-refractivity contribution in [3.63, 3.8) is 0 Å². The first-order valence-electron chi connectivity index (χ1n) is 4.20. The molecule has 0 radical (unpaired) electrons. The van der Waals surface area contributed by atoms with Gasteiger partial charge in [-0.3, -0.25) is 4.40 Å². The highest BCUT2D eigenvalue weighted by atomic mass is 35.5. The van der Waals surface area contributed by atoms with Gasteiger partial charge in [0, 0.05) is 6.20 Å². The van der Waals surface area contributed by atoms with E-state index in [1.165, 1.54) is 6.08 Å².